The summed E-state index contributed by atoms with van der Waals surface area (Å²) in [5.41, 5.74) is -0.371. The van der Waals surface area contributed by atoms with Crippen molar-refractivity contribution in [2.75, 3.05) is 27.2 Å². The number of hydrogen-bond acceptors (Lipinski definition) is 3. The van der Waals surface area contributed by atoms with Gasteiger partial charge in [0.1, 0.15) is 0 Å². The Kier molecular flexibility index (Phi) is 5.66. The molecule has 0 fully saturated rings. The van der Waals surface area contributed by atoms with Crippen LogP contribution in [-0.4, -0.2) is 38.8 Å². The molecular formula is C9H20N2O2. The Bertz CT molecular complexity index is 158. The Hall–Kier alpha value is -0.610. The Morgan fingerprint density at radius 3 is 2.46 bits per heavy atom. The van der Waals surface area contributed by atoms with E-state index in [1.807, 2.05) is 20.9 Å². The van der Waals surface area contributed by atoms with Gasteiger partial charge in [0.05, 0.1) is 12.0 Å². The monoisotopic (exact) mass is 188 g/mol. The van der Waals surface area contributed by atoms with Gasteiger partial charge in [-0.2, -0.15) is 0 Å². The largest absolute Gasteiger partial charge is 0.378 e. The molecule has 78 valence electrons. The van der Waals surface area contributed by atoms with Gasteiger partial charge < -0.3 is 15.4 Å². The van der Waals surface area contributed by atoms with E-state index in [1.54, 1.807) is 7.11 Å². The zero-order valence-electron chi connectivity index (χ0n) is 8.94. The van der Waals surface area contributed by atoms with E-state index < -0.39 is 0 Å². The molecule has 0 aromatic rings. The molecule has 0 heterocycles. The van der Waals surface area contributed by atoms with Crippen LogP contribution in [0.3, 0.4) is 0 Å². The SMILES string of the molecule is CNCCNC(=O)CC(C)(C)OC. The lowest BCUT2D eigenvalue weighted by Gasteiger charge is -2.21. The number of nitrogens with one attached hydrogen (secondary N) is 2. The molecule has 0 saturated carbocycles. The molecule has 0 spiro atoms. The zero-order valence-corrected chi connectivity index (χ0v) is 8.94. The van der Waals surface area contributed by atoms with Crippen LogP contribution >= 0.6 is 0 Å². The number of hydrogen-bond donors (Lipinski definition) is 2. The van der Waals surface area contributed by atoms with Crippen LogP contribution < -0.4 is 10.6 Å². The van der Waals surface area contributed by atoms with Gasteiger partial charge in [-0.3, -0.25) is 4.79 Å². The molecule has 4 heteroatoms. The maximum absolute atomic E-state index is 11.3. The minimum atomic E-state index is -0.371. The van der Waals surface area contributed by atoms with Crippen LogP contribution in [0.5, 0.6) is 0 Å². The van der Waals surface area contributed by atoms with Gasteiger partial charge in [0.2, 0.25) is 5.91 Å². The van der Waals surface area contributed by atoms with Gasteiger partial charge >= 0.3 is 0 Å². The number of methoxy groups -OCH3 is 1. The molecule has 0 rings (SSSR count). The smallest absolute Gasteiger partial charge is 0.222 e. The summed E-state index contributed by atoms with van der Waals surface area (Å²) in [6.45, 7) is 5.24. The van der Waals surface area contributed by atoms with Crippen LogP contribution in [0.25, 0.3) is 0 Å². The van der Waals surface area contributed by atoms with Crippen molar-refractivity contribution in [2.45, 2.75) is 25.9 Å². The van der Waals surface area contributed by atoms with Crippen molar-refractivity contribution >= 4 is 5.91 Å². The maximum atomic E-state index is 11.3. The maximum Gasteiger partial charge on any atom is 0.222 e. The molecular weight excluding hydrogens is 168 g/mol. The second kappa shape index (κ2) is 5.94. The van der Waals surface area contributed by atoms with E-state index >= 15 is 0 Å². The summed E-state index contributed by atoms with van der Waals surface area (Å²) in [7, 11) is 3.46. The van der Waals surface area contributed by atoms with Crippen molar-refractivity contribution in [1.82, 2.24) is 10.6 Å². The molecule has 0 aromatic heterocycles. The lowest BCUT2D eigenvalue weighted by Crippen LogP contribution is -2.36. The first-order valence-corrected chi connectivity index (χ1v) is 4.48. The van der Waals surface area contributed by atoms with Crippen LogP contribution in [0.1, 0.15) is 20.3 Å². The fraction of sp³-hybridized carbons (Fsp3) is 0.889. The lowest BCUT2D eigenvalue weighted by atomic mass is 10.1. The minimum Gasteiger partial charge on any atom is -0.378 e. The van der Waals surface area contributed by atoms with Gasteiger partial charge in [-0.25, -0.2) is 0 Å². The molecule has 13 heavy (non-hydrogen) atoms. The number of carbonyl (C=O) groups is 1. The topological polar surface area (TPSA) is 50.4 Å². The standard InChI is InChI=1S/C9H20N2O2/c1-9(2,13-4)7-8(12)11-6-5-10-3/h10H,5-7H2,1-4H3,(H,11,12). The second-order valence-electron chi connectivity index (χ2n) is 3.59. The van der Waals surface area contributed by atoms with Gasteiger partial charge in [0.25, 0.3) is 0 Å². The molecule has 0 aliphatic rings. The van der Waals surface area contributed by atoms with E-state index in [0.717, 1.165) is 6.54 Å². The van der Waals surface area contributed by atoms with E-state index in [9.17, 15) is 4.79 Å². The van der Waals surface area contributed by atoms with Crippen LogP contribution in [0.4, 0.5) is 0 Å². The third kappa shape index (κ3) is 6.54. The summed E-state index contributed by atoms with van der Waals surface area (Å²) in [5.74, 6) is 0.0297. The molecule has 4 nitrogen and oxygen atoms in total. The predicted octanol–water partition coefficient (Wildman–Crippen LogP) is 0.137. The van der Waals surface area contributed by atoms with Crippen molar-refractivity contribution in [3.63, 3.8) is 0 Å². The first kappa shape index (κ1) is 12.4. The highest BCUT2D eigenvalue weighted by Gasteiger charge is 2.20. The van der Waals surface area contributed by atoms with E-state index in [4.69, 9.17) is 4.74 Å². The fourth-order valence-corrected chi connectivity index (χ4v) is 0.848. The van der Waals surface area contributed by atoms with Crippen molar-refractivity contribution in [3.05, 3.63) is 0 Å². The third-order valence-corrected chi connectivity index (χ3v) is 1.84. The molecule has 0 bridgehead atoms. The van der Waals surface area contributed by atoms with Crippen LogP contribution in [0.2, 0.25) is 0 Å². The first-order chi connectivity index (χ1) is 6.02. The summed E-state index contributed by atoms with van der Waals surface area (Å²) in [6.07, 6.45) is 0.396. The molecule has 0 aliphatic carbocycles. The van der Waals surface area contributed by atoms with Crippen molar-refractivity contribution < 1.29 is 9.53 Å². The second-order valence-corrected chi connectivity index (χ2v) is 3.59. The van der Waals surface area contributed by atoms with E-state index in [2.05, 4.69) is 10.6 Å². The summed E-state index contributed by atoms with van der Waals surface area (Å²) >= 11 is 0. The molecule has 0 saturated heterocycles. The molecule has 0 aliphatic heterocycles. The quantitative estimate of drug-likeness (QED) is 0.583. The van der Waals surface area contributed by atoms with Crippen LogP contribution in [0, 0.1) is 0 Å². The normalized spacial score (nSPS) is 11.4. The predicted molar refractivity (Wildman–Crippen MR) is 52.6 cm³/mol. The summed E-state index contributed by atoms with van der Waals surface area (Å²) in [4.78, 5) is 11.3. The Morgan fingerprint density at radius 2 is 2.00 bits per heavy atom. The number of ether oxygens (including phenoxy) is 1. The molecule has 1 amide bonds. The summed E-state index contributed by atoms with van der Waals surface area (Å²) in [5, 5.41) is 5.75. The Balaban J connectivity index is 3.62. The number of likely N-dealkylation sites (N-methyl/N-ethyl adjacent to an activating group) is 1. The van der Waals surface area contributed by atoms with E-state index in [-0.39, 0.29) is 11.5 Å². The van der Waals surface area contributed by atoms with Crippen molar-refractivity contribution in [1.29, 1.82) is 0 Å². The van der Waals surface area contributed by atoms with Crippen LogP contribution in [0.15, 0.2) is 0 Å². The molecule has 0 atom stereocenters. The molecule has 2 N–H and O–H groups in total. The van der Waals surface area contributed by atoms with Crippen molar-refractivity contribution in [3.8, 4) is 0 Å². The van der Waals surface area contributed by atoms with Gasteiger partial charge in [-0.05, 0) is 20.9 Å². The van der Waals surface area contributed by atoms with Gasteiger partial charge in [-0.15, -0.1) is 0 Å². The lowest BCUT2D eigenvalue weighted by molar-refractivity contribution is -0.126. The van der Waals surface area contributed by atoms with Gasteiger partial charge in [0, 0.05) is 20.2 Å². The Morgan fingerprint density at radius 1 is 1.38 bits per heavy atom. The van der Waals surface area contributed by atoms with Gasteiger partial charge in [-0.1, -0.05) is 0 Å². The number of carbonyl (C=O) groups excluding carboxylic acids is 1. The summed E-state index contributed by atoms with van der Waals surface area (Å²) in [6, 6.07) is 0. The van der Waals surface area contributed by atoms with Crippen LogP contribution in [-0.2, 0) is 9.53 Å². The molecule has 0 aromatic carbocycles. The molecule has 0 unspecified atom stereocenters. The number of amides is 1. The average molecular weight is 188 g/mol. The van der Waals surface area contributed by atoms with E-state index in [0.29, 0.717) is 13.0 Å². The average Bonchev–Trinajstić information content (AvgIpc) is 2.04. The zero-order chi connectivity index (χ0) is 10.3. The highest BCUT2D eigenvalue weighted by atomic mass is 16.5. The first-order valence-electron chi connectivity index (χ1n) is 4.48. The minimum absolute atomic E-state index is 0.0297. The Labute approximate surface area is 80.0 Å². The van der Waals surface area contributed by atoms with E-state index in [1.165, 1.54) is 0 Å². The summed E-state index contributed by atoms with van der Waals surface area (Å²) < 4.78 is 5.14. The highest BCUT2D eigenvalue weighted by Crippen LogP contribution is 2.11. The fourth-order valence-electron chi connectivity index (χ4n) is 0.848. The number of rotatable bonds is 6. The molecule has 0 radical (unpaired) electrons. The van der Waals surface area contributed by atoms with Gasteiger partial charge in [0.15, 0.2) is 0 Å². The third-order valence-electron chi connectivity index (χ3n) is 1.84. The highest BCUT2D eigenvalue weighted by molar-refractivity contribution is 5.76. The van der Waals surface area contributed by atoms with Crippen molar-refractivity contribution in [2.24, 2.45) is 0 Å².